The van der Waals surface area contributed by atoms with Gasteiger partial charge in [-0.15, -0.1) is 12.6 Å². The number of nitrogens with one attached hydrogen (secondary N) is 1. The van der Waals surface area contributed by atoms with Crippen molar-refractivity contribution in [1.29, 1.82) is 0 Å². The van der Waals surface area contributed by atoms with Gasteiger partial charge in [-0.1, -0.05) is 39.9 Å². The third kappa shape index (κ3) is 38.9. The highest BCUT2D eigenvalue weighted by atomic mass is 32.1. The van der Waals surface area contributed by atoms with Crippen LogP contribution in [-0.4, -0.2) is 16.4 Å². The van der Waals surface area contributed by atoms with Gasteiger partial charge in [0.15, 0.2) is 0 Å². The van der Waals surface area contributed by atoms with Gasteiger partial charge in [0.25, 0.3) is 0 Å². The van der Waals surface area contributed by atoms with E-state index in [4.69, 9.17) is 5.73 Å². The molecule has 0 unspecified atom stereocenters. The zero-order valence-corrected chi connectivity index (χ0v) is 9.30. The molecule has 11 heavy (non-hydrogen) atoms. The van der Waals surface area contributed by atoms with Gasteiger partial charge < -0.3 is 11.1 Å². The van der Waals surface area contributed by atoms with Gasteiger partial charge in [-0.2, -0.15) is 0 Å². The summed E-state index contributed by atoms with van der Waals surface area (Å²) in [6.07, 6.45) is 0. The van der Waals surface area contributed by atoms with E-state index < -0.39 is 0 Å². The van der Waals surface area contributed by atoms with Crippen molar-refractivity contribution in [3.8, 4) is 0 Å². The van der Waals surface area contributed by atoms with Crippen molar-refractivity contribution in [3.05, 3.63) is 0 Å². The molecule has 0 aromatic rings. The second-order valence-corrected chi connectivity index (χ2v) is 4.04. The van der Waals surface area contributed by atoms with E-state index in [1.54, 1.807) is 0 Å². The first-order valence-electron chi connectivity index (χ1n) is 3.60. The lowest BCUT2D eigenvalue weighted by Gasteiger charge is -2.10. The SMILES string of the molecule is CC(C)NC(C)C.NC(=S)S. The van der Waals surface area contributed by atoms with Crippen LogP contribution >= 0.6 is 24.8 Å². The molecule has 0 rings (SSSR count). The molecule has 0 spiro atoms. The van der Waals surface area contributed by atoms with Crippen LogP contribution in [0.25, 0.3) is 0 Å². The van der Waals surface area contributed by atoms with Crippen LogP contribution in [0.5, 0.6) is 0 Å². The summed E-state index contributed by atoms with van der Waals surface area (Å²) in [6.45, 7) is 8.61. The maximum absolute atomic E-state index is 4.71. The Kier molecular flexibility index (Phi) is 10.4. The molecule has 0 heterocycles. The van der Waals surface area contributed by atoms with Crippen LogP contribution in [-0.2, 0) is 0 Å². The quantitative estimate of drug-likeness (QED) is 0.461. The molecule has 0 aliphatic heterocycles. The number of hydrogen-bond donors (Lipinski definition) is 3. The fraction of sp³-hybridized carbons (Fsp3) is 0.857. The summed E-state index contributed by atoms with van der Waals surface area (Å²) >= 11 is 7.65. The molecule has 0 aromatic heterocycles. The second-order valence-electron chi connectivity index (χ2n) is 2.81. The standard InChI is InChI=1S/C6H15N.CH3NS2/c1-5(2)7-6(3)4;2-1(3)4/h5-7H,1-4H3;(H3,2,3,4). The van der Waals surface area contributed by atoms with Gasteiger partial charge in [-0.3, -0.25) is 0 Å². The molecule has 68 valence electrons. The smallest absolute Gasteiger partial charge is 0.128 e. The van der Waals surface area contributed by atoms with Crippen LogP contribution < -0.4 is 11.1 Å². The number of nitrogens with two attached hydrogens (primary N) is 1. The lowest BCUT2D eigenvalue weighted by molar-refractivity contribution is 0.518. The fourth-order valence-electron chi connectivity index (χ4n) is 0.667. The molecule has 0 aliphatic carbocycles. The lowest BCUT2D eigenvalue weighted by Crippen LogP contribution is -2.29. The van der Waals surface area contributed by atoms with E-state index in [0.717, 1.165) is 0 Å². The predicted octanol–water partition coefficient (Wildman–Crippen LogP) is 1.55. The van der Waals surface area contributed by atoms with Crippen LogP contribution in [0.2, 0.25) is 0 Å². The van der Waals surface area contributed by atoms with Gasteiger partial charge in [0.2, 0.25) is 0 Å². The number of thiol groups is 1. The van der Waals surface area contributed by atoms with E-state index >= 15 is 0 Å². The Morgan fingerprint density at radius 3 is 1.45 bits per heavy atom. The van der Waals surface area contributed by atoms with E-state index in [1.807, 2.05) is 0 Å². The Balaban J connectivity index is 0. The molecule has 0 amide bonds. The Labute approximate surface area is 80.3 Å². The molecule has 0 saturated heterocycles. The van der Waals surface area contributed by atoms with Crippen molar-refractivity contribution >= 4 is 29.2 Å². The summed E-state index contributed by atoms with van der Waals surface area (Å²) in [6, 6.07) is 1.25. The van der Waals surface area contributed by atoms with Crippen LogP contribution in [0.15, 0.2) is 0 Å². The average Bonchev–Trinajstić information content (AvgIpc) is 1.56. The van der Waals surface area contributed by atoms with Crippen molar-refractivity contribution in [2.45, 2.75) is 39.8 Å². The average molecular weight is 194 g/mol. The van der Waals surface area contributed by atoms with E-state index in [2.05, 4.69) is 57.9 Å². The molecule has 3 N–H and O–H groups in total. The topological polar surface area (TPSA) is 38.0 Å². The lowest BCUT2D eigenvalue weighted by atomic mass is 10.3. The molecule has 0 aromatic carbocycles. The second kappa shape index (κ2) is 8.30. The summed E-state index contributed by atoms with van der Waals surface area (Å²) in [5, 5.41) is 3.31. The minimum atomic E-state index is 0.194. The fourth-order valence-corrected chi connectivity index (χ4v) is 0.667. The Morgan fingerprint density at radius 1 is 1.27 bits per heavy atom. The van der Waals surface area contributed by atoms with Gasteiger partial charge in [0.1, 0.15) is 4.32 Å². The summed E-state index contributed by atoms with van der Waals surface area (Å²) in [4.78, 5) is 0. The highest BCUT2D eigenvalue weighted by Gasteiger charge is 1.92. The van der Waals surface area contributed by atoms with Crippen LogP contribution in [0.3, 0.4) is 0 Å². The monoisotopic (exact) mass is 194 g/mol. The summed E-state index contributed by atoms with van der Waals surface area (Å²) in [5.41, 5.74) is 4.71. The normalized spacial score (nSPS) is 9.36. The first kappa shape index (κ1) is 13.8. The van der Waals surface area contributed by atoms with E-state index in [0.29, 0.717) is 12.1 Å². The zero-order chi connectivity index (χ0) is 9.44. The molecule has 0 fully saturated rings. The van der Waals surface area contributed by atoms with E-state index in [-0.39, 0.29) is 4.32 Å². The summed E-state index contributed by atoms with van der Waals surface area (Å²) < 4.78 is 0.194. The molecule has 4 heteroatoms. The van der Waals surface area contributed by atoms with Gasteiger partial charge in [0.05, 0.1) is 0 Å². The van der Waals surface area contributed by atoms with Crippen molar-refractivity contribution in [1.82, 2.24) is 5.32 Å². The highest BCUT2D eigenvalue weighted by molar-refractivity contribution is 8.10. The largest absolute Gasteiger partial charge is 0.385 e. The number of hydrogen-bond acceptors (Lipinski definition) is 2. The summed E-state index contributed by atoms with van der Waals surface area (Å²) in [7, 11) is 0. The van der Waals surface area contributed by atoms with Gasteiger partial charge in [-0.25, -0.2) is 0 Å². The molecule has 0 atom stereocenters. The van der Waals surface area contributed by atoms with Gasteiger partial charge in [-0.05, 0) is 0 Å². The molecule has 0 bridgehead atoms. The van der Waals surface area contributed by atoms with Crippen molar-refractivity contribution < 1.29 is 0 Å². The molecular weight excluding hydrogens is 176 g/mol. The molecule has 0 saturated carbocycles. The van der Waals surface area contributed by atoms with Crippen molar-refractivity contribution in [3.63, 3.8) is 0 Å². The highest BCUT2D eigenvalue weighted by Crippen LogP contribution is 1.80. The van der Waals surface area contributed by atoms with Crippen molar-refractivity contribution in [2.24, 2.45) is 5.73 Å². The van der Waals surface area contributed by atoms with Gasteiger partial charge >= 0.3 is 0 Å². The number of thiocarbonyl (C=S) groups is 1. The van der Waals surface area contributed by atoms with Crippen LogP contribution in [0.4, 0.5) is 0 Å². The molecular formula is C7H18N2S2. The number of rotatable bonds is 2. The first-order valence-corrected chi connectivity index (χ1v) is 4.46. The zero-order valence-electron chi connectivity index (χ0n) is 7.59. The van der Waals surface area contributed by atoms with Crippen molar-refractivity contribution in [2.75, 3.05) is 0 Å². The summed E-state index contributed by atoms with van der Waals surface area (Å²) in [5.74, 6) is 0. The Hall–Kier alpha value is 0.200. The minimum Gasteiger partial charge on any atom is -0.385 e. The maximum Gasteiger partial charge on any atom is 0.128 e. The third-order valence-electron chi connectivity index (χ3n) is 0.667. The third-order valence-corrected chi connectivity index (χ3v) is 0.667. The van der Waals surface area contributed by atoms with E-state index in [9.17, 15) is 0 Å². The Bertz CT molecular complexity index is 92.6. The van der Waals surface area contributed by atoms with Crippen LogP contribution in [0.1, 0.15) is 27.7 Å². The maximum atomic E-state index is 4.71. The predicted molar refractivity (Wildman–Crippen MR) is 59.2 cm³/mol. The van der Waals surface area contributed by atoms with E-state index in [1.165, 1.54) is 0 Å². The van der Waals surface area contributed by atoms with Crippen LogP contribution in [0, 0.1) is 0 Å². The minimum absolute atomic E-state index is 0.194. The molecule has 0 radical (unpaired) electrons. The van der Waals surface area contributed by atoms with Gasteiger partial charge in [0, 0.05) is 12.1 Å². The molecule has 2 nitrogen and oxygen atoms in total. The first-order chi connectivity index (χ1) is 4.86. The molecule has 0 aliphatic rings. The Morgan fingerprint density at radius 2 is 1.45 bits per heavy atom.